The van der Waals surface area contributed by atoms with Crippen molar-refractivity contribution in [2.45, 2.75) is 32.0 Å². The summed E-state index contributed by atoms with van der Waals surface area (Å²) in [6.45, 7) is 1.74. The molecule has 1 saturated carbocycles. The van der Waals surface area contributed by atoms with Gasteiger partial charge in [-0.2, -0.15) is 0 Å². The molecule has 0 spiro atoms. The van der Waals surface area contributed by atoms with Crippen molar-refractivity contribution >= 4 is 11.9 Å². The molecule has 3 amide bonds. The fourth-order valence-electron chi connectivity index (χ4n) is 2.33. The molecule has 1 fully saturated rings. The van der Waals surface area contributed by atoms with Crippen LogP contribution in [-0.4, -0.2) is 29.1 Å². The van der Waals surface area contributed by atoms with Gasteiger partial charge in [0.05, 0.1) is 0 Å². The van der Waals surface area contributed by atoms with Crippen LogP contribution in [0.1, 0.15) is 28.8 Å². The van der Waals surface area contributed by atoms with E-state index < -0.39 is 0 Å². The van der Waals surface area contributed by atoms with Gasteiger partial charge in [0.2, 0.25) is 0 Å². The van der Waals surface area contributed by atoms with Crippen LogP contribution in [0, 0.1) is 0 Å². The van der Waals surface area contributed by atoms with Gasteiger partial charge in [0.15, 0.2) is 0 Å². The molecule has 1 heterocycles. The van der Waals surface area contributed by atoms with Gasteiger partial charge in [-0.15, -0.1) is 0 Å². The SMILES string of the molecule is O=C(NCCn1cccc1)NCc1ccc(C(=O)NC2CC2)cc1. The number of amides is 3. The molecule has 0 bridgehead atoms. The largest absolute Gasteiger partial charge is 0.353 e. The lowest BCUT2D eigenvalue weighted by molar-refractivity contribution is 0.0951. The maximum atomic E-state index is 11.9. The fraction of sp³-hybridized carbons (Fsp3) is 0.333. The van der Waals surface area contributed by atoms with Gasteiger partial charge in [0.1, 0.15) is 0 Å². The average Bonchev–Trinajstić information content (AvgIpc) is 3.25. The van der Waals surface area contributed by atoms with E-state index in [4.69, 9.17) is 0 Å². The molecular weight excluding hydrogens is 304 g/mol. The molecule has 6 nitrogen and oxygen atoms in total. The fourth-order valence-corrected chi connectivity index (χ4v) is 2.33. The number of hydrogen-bond acceptors (Lipinski definition) is 2. The van der Waals surface area contributed by atoms with Crippen LogP contribution >= 0.6 is 0 Å². The Morgan fingerprint density at radius 1 is 1.04 bits per heavy atom. The highest BCUT2D eigenvalue weighted by molar-refractivity contribution is 5.94. The molecule has 24 heavy (non-hydrogen) atoms. The Kier molecular flexibility index (Phi) is 5.15. The smallest absolute Gasteiger partial charge is 0.315 e. The maximum Gasteiger partial charge on any atom is 0.315 e. The van der Waals surface area contributed by atoms with Crippen LogP contribution in [0.2, 0.25) is 0 Å². The van der Waals surface area contributed by atoms with E-state index in [0.29, 0.717) is 24.7 Å². The van der Waals surface area contributed by atoms with Crippen LogP contribution < -0.4 is 16.0 Å². The molecule has 0 radical (unpaired) electrons. The third-order valence-electron chi connectivity index (χ3n) is 3.90. The number of urea groups is 1. The zero-order valence-electron chi connectivity index (χ0n) is 13.5. The van der Waals surface area contributed by atoms with Crippen molar-refractivity contribution in [3.63, 3.8) is 0 Å². The summed E-state index contributed by atoms with van der Waals surface area (Å²) in [6, 6.07) is 11.4. The first-order valence-corrected chi connectivity index (χ1v) is 8.23. The van der Waals surface area contributed by atoms with Gasteiger partial charge < -0.3 is 20.5 Å². The maximum absolute atomic E-state index is 11.9. The summed E-state index contributed by atoms with van der Waals surface area (Å²) < 4.78 is 2.01. The first-order chi connectivity index (χ1) is 11.7. The standard InChI is InChI=1S/C18H22N4O2/c23-17(21-16-7-8-16)15-5-3-14(4-6-15)13-20-18(24)19-9-12-22-10-1-2-11-22/h1-6,10-11,16H,7-9,12-13H2,(H,21,23)(H2,19,20,24). The number of rotatable bonds is 7. The Morgan fingerprint density at radius 3 is 2.42 bits per heavy atom. The monoisotopic (exact) mass is 326 g/mol. The van der Waals surface area contributed by atoms with E-state index in [1.165, 1.54) is 0 Å². The second kappa shape index (κ2) is 7.68. The number of hydrogen-bond donors (Lipinski definition) is 3. The summed E-state index contributed by atoms with van der Waals surface area (Å²) in [6.07, 6.45) is 6.07. The highest BCUT2D eigenvalue weighted by Crippen LogP contribution is 2.19. The molecule has 0 unspecified atom stereocenters. The Balaban J connectivity index is 1.37. The van der Waals surface area contributed by atoms with Crippen LogP contribution in [0.5, 0.6) is 0 Å². The lowest BCUT2D eigenvalue weighted by atomic mass is 10.1. The molecule has 1 aromatic heterocycles. The molecule has 1 aliphatic rings. The summed E-state index contributed by atoms with van der Waals surface area (Å²) in [4.78, 5) is 23.6. The van der Waals surface area contributed by atoms with Crippen molar-refractivity contribution < 1.29 is 9.59 Å². The summed E-state index contributed by atoms with van der Waals surface area (Å²) in [5, 5.41) is 8.58. The predicted octanol–water partition coefficient (Wildman–Crippen LogP) is 1.88. The minimum absolute atomic E-state index is 0.0280. The molecule has 1 aliphatic carbocycles. The number of carbonyl (C=O) groups is 2. The van der Waals surface area contributed by atoms with Crippen molar-refractivity contribution in [2.24, 2.45) is 0 Å². The first kappa shape index (κ1) is 16.1. The van der Waals surface area contributed by atoms with Gasteiger partial charge in [0.25, 0.3) is 5.91 Å². The van der Waals surface area contributed by atoms with Crippen LogP contribution in [0.15, 0.2) is 48.8 Å². The van der Waals surface area contributed by atoms with Crippen molar-refractivity contribution in [2.75, 3.05) is 6.54 Å². The Hall–Kier alpha value is -2.76. The topological polar surface area (TPSA) is 75.2 Å². The van der Waals surface area contributed by atoms with E-state index >= 15 is 0 Å². The van der Waals surface area contributed by atoms with E-state index in [-0.39, 0.29) is 11.9 Å². The van der Waals surface area contributed by atoms with Gasteiger partial charge in [-0.05, 0) is 42.7 Å². The average molecular weight is 326 g/mol. The van der Waals surface area contributed by atoms with Crippen LogP contribution in [0.3, 0.4) is 0 Å². The number of nitrogens with zero attached hydrogens (tertiary/aromatic N) is 1. The molecular formula is C18H22N4O2. The number of nitrogens with one attached hydrogen (secondary N) is 3. The Labute approximate surface area is 141 Å². The van der Waals surface area contributed by atoms with Crippen LogP contribution in [0.4, 0.5) is 4.79 Å². The first-order valence-electron chi connectivity index (χ1n) is 8.23. The Bertz CT molecular complexity index is 676. The summed E-state index contributed by atoms with van der Waals surface area (Å²) in [5.41, 5.74) is 1.61. The predicted molar refractivity (Wildman–Crippen MR) is 91.6 cm³/mol. The molecule has 0 atom stereocenters. The van der Waals surface area contributed by atoms with Gasteiger partial charge in [-0.25, -0.2) is 4.79 Å². The van der Waals surface area contributed by atoms with Gasteiger partial charge in [0, 0.05) is 43.6 Å². The van der Waals surface area contributed by atoms with Crippen molar-refractivity contribution in [3.05, 3.63) is 59.9 Å². The van der Waals surface area contributed by atoms with Gasteiger partial charge in [-0.3, -0.25) is 4.79 Å². The highest BCUT2D eigenvalue weighted by Gasteiger charge is 2.23. The molecule has 1 aromatic carbocycles. The minimum Gasteiger partial charge on any atom is -0.353 e. The van der Waals surface area contributed by atoms with Crippen LogP contribution in [0.25, 0.3) is 0 Å². The number of aromatic nitrogens is 1. The minimum atomic E-state index is -0.197. The van der Waals surface area contributed by atoms with E-state index in [0.717, 1.165) is 24.9 Å². The second-order valence-corrected chi connectivity index (χ2v) is 5.97. The normalized spacial score (nSPS) is 13.3. The molecule has 3 N–H and O–H groups in total. The lowest BCUT2D eigenvalue weighted by Crippen LogP contribution is -2.36. The van der Waals surface area contributed by atoms with Gasteiger partial charge in [-0.1, -0.05) is 12.1 Å². The van der Waals surface area contributed by atoms with E-state index in [9.17, 15) is 9.59 Å². The Morgan fingerprint density at radius 2 is 1.75 bits per heavy atom. The van der Waals surface area contributed by atoms with Crippen molar-refractivity contribution in [1.82, 2.24) is 20.5 Å². The van der Waals surface area contributed by atoms with E-state index in [1.807, 2.05) is 41.2 Å². The third kappa shape index (κ3) is 4.87. The molecule has 126 valence electrons. The molecule has 0 saturated heterocycles. The summed E-state index contributed by atoms with van der Waals surface area (Å²) in [5.74, 6) is -0.0280. The second-order valence-electron chi connectivity index (χ2n) is 5.97. The molecule has 2 aromatic rings. The van der Waals surface area contributed by atoms with Crippen molar-refractivity contribution in [1.29, 1.82) is 0 Å². The molecule has 0 aliphatic heterocycles. The summed E-state index contributed by atoms with van der Waals surface area (Å²) in [7, 11) is 0. The number of carbonyl (C=O) groups excluding carboxylic acids is 2. The number of benzene rings is 1. The summed E-state index contributed by atoms with van der Waals surface area (Å²) >= 11 is 0. The molecule has 3 rings (SSSR count). The van der Waals surface area contributed by atoms with Gasteiger partial charge >= 0.3 is 6.03 Å². The van der Waals surface area contributed by atoms with E-state index in [1.54, 1.807) is 12.1 Å². The van der Waals surface area contributed by atoms with Crippen LogP contribution in [-0.2, 0) is 13.1 Å². The third-order valence-corrected chi connectivity index (χ3v) is 3.90. The van der Waals surface area contributed by atoms with Crippen molar-refractivity contribution in [3.8, 4) is 0 Å². The zero-order chi connectivity index (χ0) is 16.8. The lowest BCUT2D eigenvalue weighted by Gasteiger charge is -2.09. The zero-order valence-corrected chi connectivity index (χ0v) is 13.5. The van der Waals surface area contributed by atoms with E-state index in [2.05, 4.69) is 16.0 Å². The quantitative estimate of drug-likeness (QED) is 0.727. The molecule has 6 heteroatoms. The highest BCUT2D eigenvalue weighted by atomic mass is 16.2.